The molecule has 1 saturated heterocycles. The summed E-state index contributed by atoms with van der Waals surface area (Å²) in [6.45, 7) is 2.51. The molecule has 1 aliphatic heterocycles. The van der Waals surface area contributed by atoms with E-state index in [4.69, 9.17) is 0 Å². The summed E-state index contributed by atoms with van der Waals surface area (Å²) in [6, 6.07) is 14.9. The summed E-state index contributed by atoms with van der Waals surface area (Å²) < 4.78 is 39.4. The maximum absolute atomic E-state index is 13.5. The van der Waals surface area contributed by atoms with Crippen LogP contribution in [0, 0.1) is 5.92 Å². The van der Waals surface area contributed by atoms with Gasteiger partial charge in [-0.3, -0.25) is 14.5 Å². The molecule has 5 nitrogen and oxygen atoms in total. The van der Waals surface area contributed by atoms with Gasteiger partial charge in [0, 0.05) is 13.0 Å². The molecule has 0 radical (unpaired) electrons. The third-order valence-corrected chi connectivity index (χ3v) is 6.47. The maximum atomic E-state index is 13.5. The molecule has 9 heteroatoms. The highest BCUT2D eigenvalue weighted by molar-refractivity contribution is 7.22. The van der Waals surface area contributed by atoms with Crippen LogP contribution in [0.3, 0.4) is 0 Å². The number of para-hydroxylation sites is 1. The number of fused-ring (bicyclic) bond motifs is 1. The van der Waals surface area contributed by atoms with E-state index in [9.17, 15) is 22.8 Å². The van der Waals surface area contributed by atoms with E-state index in [0.29, 0.717) is 21.6 Å². The first-order valence-electron chi connectivity index (χ1n) is 10.3. The number of likely N-dealkylation sites (tertiary alicyclic amines) is 1. The van der Waals surface area contributed by atoms with Crippen molar-refractivity contribution < 1.29 is 22.8 Å². The monoisotopic (exact) mass is 461 g/mol. The number of carbonyl (C=O) groups is 2. The molecule has 3 aromatic rings. The van der Waals surface area contributed by atoms with E-state index in [-0.39, 0.29) is 13.0 Å². The number of amides is 2. The fourth-order valence-corrected chi connectivity index (χ4v) is 4.78. The summed E-state index contributed by atoms with van der Waals surface area (Å²) in [7, 11) is 0. The molecular formula is C23H22F3N3O2S. The summed E-state index contributed by atoms with van der Waals surface area (Å²) in [5.74, 6) is -1.67. The third-order valence-electron chi connectivity index (χ3n) is 5.45. The average molecular weight is 462 g/mol. The van der Waals surface area contributed by atoms with Crippen molar-refractivity contribution in [2.45, 2.75) is 32.4 Å². The fraction of sp³-hybridized carbons (Fsp3) is 0.348. The minimum Gasteiger partial charge on any atom is -0.333 e. The number of anilines is 2. The number of rotatable bonds is 5. The Labute approximate surface area is 187 Å². The minimum absolute atomic E-state index is 0.250. The molecule has 32 heavy (non-hydrogen) atoms. The summed E-state index contributed by atoms with van der Waals surface area (Å²) in [6.07, 6.45) is -4.76. The molecule has 1 aliphatic rings. The number of nitrogens with zero attached hydrogens (tertiary/aromatic N) is 3. The summed E-state index contributed by atoms with van der Waals surface area (Å²) in [5, 5.41) is 0.426. The molecule has 1 atom stereocenters. The van der Waals surface area contributed by atoms with Crippen LogP contribution in [0.25, 0.3) is 10.2 Å². The fourth-order valence-electron chi connectivity index (χ4n) is 3.79. The van der Waals surface area contributed by atoms with Crippen LogP contribution in [-0.4, -0.2) is 41.0 Å². The summed E-state index contributed by atoms with van der Waals surface area (Å²) in [5.41, 5.74) is 2.39. The Hall–Kier alpha value is -2.94. The molecule has 2 amide bonds. The van der Waals surface area contributed by atoms with Crippen molar-refractivity contribution in [1.82, 2.24) is 9.88 Å². The molecule has 2 aromatic carbocycles. The van der Waals surface area contributed by atoms with E-state index in [1.165, 1.54) is 16.2 Å². The topological polar surface area (TPSA) is 53.5 Å². The molecule has 1 unspecified atom stereocenters. The van der Waals surface area contributed by atoms with Gasteiger partial charge >= 0.3 is 6.18 Å². The number of hydrogen-bond donors (Lipinski definition) is 0. The van der Waals surface area contributed by atoms with E-state index in [1.54, 1.807) is 0 Å². The van der Waals surface area contributed by atoms with Crippen LogP contribution in [-0.2, 0) is 9.59 Å². The molecule has 1 fully saturated rings. The SMILES string of the molecule is CC(C)c1ccc(N(C(=O)C2CC(=O)N(CC(F)(F)F)C2)c2nc3ccccc3s2)cc1. The quantitative estimate of drug-likeness (QED) is 0.505. The largest absolute Gasteiger partial charge is 0.406 e. The van der Waals surface area contributed by atoms with Gasteiger partial charge in [-0.25, -0.2) is 4.98 Å². The van der Waals surface area contributed by atoms with Crippen molar-refractivity contribution >= 4 is 44.2 Å². The number of alkyl halides is 3. The van der Waals surface area contributed by atoms with Gasteiger partial charge in [0.2, 0.25) is 11.8 Å². The van der Waals surface area contributed by atoms with Gasteiger partial charge in [-0.15, -0.1) is 0 Å². The number of aromatic nitrogens is 1. The molecule has 0 N–H and O–H groups in total. The third kappa shape index (κ3) is 4.62. The van der Waals surface area contributed by atoms with Crippen molar-refractivity contribution in [3.05, 3.63) is 54.1 Å². The number of thiazole rings is 1. The molecule has 0 saturated carbocycles. The molecule has 1 aromatic heterocycles. The molecule has 0 bridgehead atoms. The van der Waals surface area contributed by atoms with E-state index < -0.39 is 30.5 Å². The lowest BCUT2D eigenvalue weighted by molar-refractivity contribution is -0.157. The van der Waals surface area contributed by atoms with Crippen molar-refractivity contribution in [1.29, 1.82) is 0 Å². The predicted octanol–water partition coefficient (Wildman–Crippen LogP) is 5.50. The Balaban J connectivity index is 1.69. The van der Waals surface area contributed by atoms with Crippen LogP contribution >= 0.6 is 11.3 Å². The average Bonchev–Trinajstić information content (AvgIpc) is 3.30. The van der Waals surface area contributed by atoms with Gasteiger partial charge in [-0.2, -0.15) is 13.2 Å². The van der Waals surface area contributed by atoms with Crippen LogP contribution in [0.15, 0.2) is 48.5 Å². The normalized spacial score (nSPS) is 16.9. The Kier molecular flexibility index (Phi) is 5.94. The van der Waals surface area contributed by atoms with Crippen molar-refractivity contribution in [3.8, 4) is 0 Å². The second kappa shape index (κ2) is 8.54. The molecule has 0 aliphatic carbocycles. The van der Waals surface area contributed by atoms with Gasteiger partial charge in [0.15, 0.2) is 5.13 Å². The van der Waals surface area contributed by atoms with E-state index >= 15 is 0 Å². The lowest BCUT2D eigenvalue weighted by atomic mass is 10.0. The van der Waals surface area contributed by atoms with E-state index in [2.05, 4.69) is 18.8 Å². The Morgan fingerprint density at radius 3 is 2.50 bits per heavy atom. The lowest BCUT2D eigenvalue weighted by Gasteiger charge is -2.24. The Bertz CT molecular complexity index is 1110. The van der Waals surface area contributed by atoms with Crippen molar-refractivity contribution in [3.63, 3.8) is 0 Å². The van der Waals surface area contributed by atoms with Crippen LogP contribution < -0.4 is 4.90 Å². The van der Waals surface area contributed by atoms with Gasteiger partial charge in [0.1, 0.15) is 6.54 Å². The minimum atomic E-state index is -4.51. The second-order valence-electron chi connectivity index (χ2n) is 8.17. The Morgan fingerprint density at radius 1 is 1.19 bits per heavy atom. The first kappa shape index (κ1) is 22.3. The zero-order valence-corrected chi connectivity index (χ0v) is 18.4. The number of benzene rings is 2. The zero-order valence-electron chi connectivity index (χ0n) is 17.6. The van der Waals surface area contributed by atoms with Gasteiger partial charge in [0.25, 0.3) is 0 Å². The van der Waals surface area contributed by atoms with Crippen molar-refractivity contribution in [2.24, 2.45) is 5.92 Å². The number of halogens is 3. The summed E-state index contributed by atoms with van der Waals surface area (Å²) >= 11 is 1.32. The molecule has 4 rings (SSSR count). The van der Waals surface area contributed by atoms with Gasteiger partial charge in [-0.05, 0) is 35.7 Å². The smallest absolute Gasteiger partial charge is 0.333 e. The molecular weight excluding hydrogens is 439 g/mol. The predicted molar refractivity (Wildman–Crippen MR) is 118 cm³/mol. The maximum Gasteiger partial charge on any atom is 0.406 e. The standard InChI is InChI=1S/C23H22F3N3O2S/c1-14(2)15-7-9-17(10-8-15)29(22-27-18-5-3-4-6-19(18)32-22)21(31)16-11-20(30)28(12-16)13-23(24,25)26/h3-10,14,16H,11-13H2,1-2H3. The highest BCUT2D eigenvalue weighted by atomic mass is 32.1. The van der Waals surface area contributed by atoms with E-state index in [1.807, 2.05) is 48.5 Å². The number of carbonyl (C=O) groups excluding carboxylic acids is 2. The Morgan fingerprint density at radius 2 is 1.88 bits per heavy atom. The van der Waals surface area contributed by atoms with Gasteiger partial charge < -0.3 is 4.90 Å². The molecule has 168 valence electrons. The lowest BCUT2D eigenvalue weighted by Crippen LogP contribution is -2.37. The van der Waals surface area contributed by atoms with Crippen LogP contribution in [0.1, 0.15) is 31.7 Å². The first-order chi connectivity index (χ1) is 15.1. The highest BCUT2D eigenvalue weighted by Crippen LogP contribution is 2.36. The van der Waals surface area contributed by atoms with Crippen molar-refractivity contribution in [2.75, 3.05) is 18.0 Å². The zero-order chi connectivity index (χ0) is 23.0. The van der Waals surface area contributed by atoms with Gasteiger partial charge in [0.05, 0.1) is 21.8 Å². The molecule has 0 spiro atoms. The van der Waals surface area contributed by atoms with Crippen LogP contribution in [0.4, 0.5) is 24.0 Å². The van der Waals surface area contributed by atoms with E-state index in [0.717, 1.165) is 15.8 Å². The van der Waals surface area contributed by atoms with Gasteiger partial charge in [-0.1, -0.05) is 49.4 Å². The number of hydrogen-bond acceptors (Lipinski definition) is 4. The first-order valence-corrected chi connectivity index (χ1v) is 11.1. The second-order valence-corrected chi connectivity index (χ2v) is 9.18. The molecule has 2 heterocycles. The van der Waals surface area contributed by atoms with Crippen LogP contribution in [0.5, 0.6) is 0 Å². The highest BCUT2D eigenvalue weighted by Gasteiger charge is 2.42. The summed E-state index contributed by atoms with van der Waals surface area (Å²) in [4.78, 5) is 32.4. The van der Waals surface area contributed by atoms with Crippen LogP contribution in [0.2, 0.25) is 0 Å².